The van der Waals surface area contributed by atoms with Gasteiger partial charge in [-0.15, -0.1) is 0 Å². The molecule has 0 amide bonds. The van der Waals surface area contributed by atoms with Crippen LogP contribution in [0, 0.1) is 11.8 Å². The van der Waals surface area contributed by atoms with E-state index in [4.69, 9.17) is 14.2 Å². The summed E-state index contributed by atoms with van der Waals surface area (Å²) < 4.78 is 17.0. The monoisotopic (exact) mass is 989 g/mol. The van der Waals surface area contributed by atoms with Crippen molar-refractivity contribution in [3.05, 3.63) is 0 Å². The van der Waals surface area contributed by atoms with Gasteiger partial charge in [0.1, 0.15) is 13.2 Å². The van der Waals surface area contributed by atoms with Crippen LogP contribution >= 0.6 is 0 Å². The van der Waals surface area contributed by atoms with E-state index in [0.717, 1.165) is 69.6 Å². The predicted octanol–water partition coefficient (Wildman–Crippen LogP) is 21.2. The van der Waals surface area contributed by atoms with Gasteiger partial charge >= 0.3 is 17.9 Å². The lowest BCUT2D eigenvalue weighted by molar-refractivity contribution is -0.167. The molecule has 0 aromatic carbocycles. The Morgan fingerprint density at radius 2 is 0.471 bits per heavy atom. The molecule has 0 aromatic heterocycles. The van der Waals surface area contributed by atoms with Crippen LogP contribution < -0.4 is 0 Å². The molecule has 0 radical (unpaired) electrons. The fourth-order valence-corrected chi connectivity index (χ4v) is 9.93. The van der Waals surface area contributed by atoms with E-state index >= 15 is 0 Å². The SMILES string of the molecule is CCCCCCCCCCCCCCCCCCCCC(=O)OC[C@@H](COC(=O)CCCCCCCCCCCCCCC(C)C)OC(=O)CCCCCCCCCCCCCCCCCCC(C)C. The number of carbonyl (C=O) groups excluding carboxylic acids is 3. The molecule has 0 aliphatic heterocycles. The molecule has 416 valence electrons. The minimum Gasteiger partial charge on any atom is -0.462 e. The largest absolute Gasteiger partial charge is 0.462 e. The number of ether oxygens (including phenoxy) is 3. The van der Waals surface area contributed by atoms with Crippen molar-refractivity contribution < 1.29 is 28.6 Å². The second kappa shape index (κ2) is 56.7. The summed E-state index contributed by atoms with van der Waals surface area (Å²) in [7, 11) is 0. The van der Waals surface area contributed by atoms with Crippen LogP contribution in [-0.2, 0) is 28.6 Å². The van der Waals surface area contributed by atoms with Gasteiger partial charge in [0.05, 0.1) is 0 Å². The van der Waals surface area contributed by atoms with E-state index in [1.807, 2.05) is 0 Å². The van der Waals surface area contributed by atoms with Crippen LogP contribution in [0.2, 0.25) is 0 Å². The van der Waals surface area contributed by atoms with Gasteiger partial charge in [0.25, 0.3) is 0 Å². The summed E-state index contributed by atoms with van der Waals surface area (Å²) in [4.78, 5) is 38.3. The number of carbonyl (C=O) groups is 3. The molecule has 6 nitrogen and oxygen atoms in total. The Morgan fingerprint density at radius 3 is 0.700 bits per heavy atom. The van der Waals surface area contributed by atoms with Crippen molar-refractivity contribution in [2.24, 2.45) is 11.8 Å². The number of hydrogen-bond donors (Lipinski definition) is 0. The van der Waals surface area contributed by atoms with Crippen LogP contribution in [0.15, 0.2) is 0 Å². The van der Waals surface area contributed by atoms with Gasteiger partial charge in [0.2, 0.25) is 0 Å². The molecule has 0 spiro atoms. The molecular formula is C64H124O6. The van der Waals surface area contributed by atoms with Gasteiger partial charge in [-0.3, -0.25) is 14.4 Å². The van der Waals surface area contributed by atoms with E-state index in [1.54, 1.807) is 0 Å². The van der Waals surface area contributed by atoms with Crippen molar-refractivity contribution in [3.8, 4) is 0 Å². The lowest BCUT2D eigenvalue weighted by atomic mass is 10.0. The third-order valence-corrected chi connectivity index (χ3v) is 14.7. The molecule has 0 saturated heterocycles. The summed E-state index contributed by atoms with van der Waals surface area (Å²) in [5.74, 6) is 0.854. The minimum atomic E-state index is -0.764. The highest BCUT2D eigenvalue weighted by molar-refractivity contribution is 5.71. The second-order valence-electron chi connectivity index (χ2n) is 23.0. The van der Waals surface area contributed by atoms with Gasteiger partial charge in [-0.1, -0.05) is 324 Å². The highest BCUT2D eigenvalue weighted by atomic mass is 16.6. The first-order valence-electron chi connectivity index (χ1n) is 31.7. The third kappa shape index (κ3) is 57.3. The Morgan fingerprint density at radius 1 is 0.271 bits per heavy atom. The number of rotatable bonds is 58. The van der Waals surface area contributed by atoms with E-state index in [-0.39, 0.29) is 31.1 Å². The Labute approximate surface area is 438 Å². The Balaban J connectivity index is 4.28. The summed E-state index contributed by atoms with van der Waals surface area (Å²) in [6.07, 6.45) is 62.4. The smallest absolute Gasteiger partial charge is 0.306 e. The molecular weight excluding hydrogens is 865 g/mol. The molecule has 0 aromatic rings. The standard InChI is InChI=1S/C64H124O6/c1-6-7-8-9-10-11-12-13-14-15-16-20-23-29-34-39-44-49-54-62(65)68-57-61(58-69-63(66)55-50-45-40-35-30-26-25-28-33-38-43-48-53-60(4)5)70-64(67)56-51-46-41-36-31-24-21-18-17-19-22-27-32-37-42-47-52-59(2)3/h59-61H,6-58H2,1-5H3/t61-/m0/s1. The molecule has 0 rings (SSSR count). The summed E-state index contributed by atoms with van der Waals surface area (Å²) in [6, 6.07) is 0. The first kappa shape index (κ1) is 68.4. The average molecular weight is 990 g/mol. The lowest BCUT2D eigenvalue weighted by Crippen LogP contribution is -2.30. The van der Waals surface area contributed by atoms with E-state index in [2.05, 4.69) is 34.6 Å². The van der Waals surface area contributed by atoms with Gasteiger partial charge in [0, 0.05) is 19.3 Å². The number of unbranched alkanes of at least 4 members (excludes halogenated alkanes) is 43. The zero-order valence-corrected chi connectivity index (χ0v) is 48.2. The summed E-state index contributed by atoms with van der Waals surface area (Å²) in [5.41, 5.74) is 0. The van der Waals surface area contributed by atoms with E-state index in [1.165, 1.54) is 250 Å². The molecule has 0 heterocycles. The average Bonchev–Trinajstić information content (AvgIpc) is 3.33. The first-order valence-corrected chi connectivity index (χ1v) is 31.7. The van der Waals surface area contributed by atoms with Crippen molar-refractivity contribution in [1.29, 1.82) is 0 Å². The zero-order valence-electron chi connectivity index (χ0n) is 48.2. The minimum absolute atomic E-state index is 0.0619. The maximum Gasteiger partial charge on any atom is 0.306 e. The molecule has 0 unspecified atom stereocenters. The van der Waals surface area contributed by atoms with Crippen molar-refractivity contribution in [2.45, 2.75) is 368 Å². The lowest BCUT2D eigenvalue weighted by Gasteiger charge is -2.18. The molecule has 0 aliphatic rings. The predicted molar refractivity (Wildman–Crippen MR) is 303 cm³/mol. The summed E-state index contributed by atoms with van der Waals surface area (Å²) >= 11 is 0. The van der Waals surface area contributed by atoms with Crippen LogP contribution in [0.1, 0.15) is 362 Å². The van der Waals surface area contributed by atoms with E-state index < -0.39 is 6.10 Å². The van der Waals surface area contributed by atoms with Crippen LogP contribution in [-0.4, -0.2) is 37.2 Å². The van der Waals surface area contributed by atoms with Crippen LogP contribution in [0.4, 0.5) is 0 Å². The molecule has 0 N–H and O–H groups in total. The Bertz CT molecular complexity index is 1070. The normalized spacial score (nSPS) is 12.0. The van der Waals surface area contributed by atoms with Crippen molar-refractivity contribution in [1.82, 2.24) is 0 Å². The molecule has 1 atom stereocenters. The molecule has 6 heteroatoms. The van der Waals surface area contributed by atoms with E-state index in [0.29, 0.717) is 19.3 Å². The Hall–Kier alpha value is -1.59. The van der Waals surface area contributed by atoms with Gasteiger partial charge < -0.3 is 14.2 Å². The number of hydrogen-bond acceptors (Lipinski definition) is 6. The van der Waals surface area contributed by atoms with Gasteiger partial charge in [-0.2, -0.15) is 0 Å². The fourth-order valence-electron chi connectivity index (χ4n) is 9.93. The van der Waals surface area contributed by atoms with Crippen molar-refractivity contribution in [3.63, 3.8) is 0 Å². The summed E-state index contributed by atoms with van der Waals surface area (Å²) in [5, 5.41) is 0. The second-order valence-corrected chi connectivity index (χ2v) is 23.0. The van der Waals surface area contributed by atoms with E-state index in [9.17, 15) is 14.4 Å². The molecule has 0 aliphatic carbocycles. The molecule has 0 fully saturated rings. The van der Waals surface area contributed by atoms with Gasteiger partial charge in [-0.25, -0.2) is 0 Å². The summed E-state index contributed by atoms with van der Waals surface area (Å²) in [6.45, 7) is 11.4. The van der Waals surface area contributed by atoms with Crippen molar-refractivity contribution in [2.75, 3.05) is 13.2 Å². The molecule has 0 saturated carbocycles. The zero-order chi connectivity index (χ0) is 51.1. The molecule has 70 heavy (non-hydrogen) atoms. The van der Waals surface area contributed by atoms with Crippen LogP contribution in [0.5, 0.6) is 0 Å². The quantitative estimate of drug-likeness (QED) is 0.0343. The van der Waals surface area contributed by atoms with Crippen molar-refractivity contribution >= 4 is 17.9 Å². The van der Waals surface area contributed by atoms with Crippen LogP contribution in [0.3, 0.4) is 0 Å². The maximum atomic E-state index is 12.9. The highest BCUT2D eigenvalue weighted by Crippen LogP contribution is 2.19. The topological polar surface area (TPSA) is 78.9 Å². The highest BCUT2D eigenvalue weighted by Gasteiger charge is 2.19. The van der Waals surface area contributed by atoms with Gasteiger partial charge in [0.15, 0.2) is 6.10 Å². The molecule has 0 bridgehead atoms. The Kier molecular flexibility index (Phi) is 55.4. The first-order chi connectivity index (χ1) is 34.2. The fraction of sp³-hybridized carbons (Fsp3) is 0.953. The maximum absolute atomic E-state index is 12.9. The van der Waals surface area contributed by atoms with Gasteiger partial charge in [-0.05, 0) is 31.1 Å². The third-order valence-electron chi connectivity index (χ3n) is 14.7. The number of esters is 3. The van der Waals surface area contributed by atoms with Crippen LogP contribution in [0.25, 0.3) is 0 Å².